The average Bonchev–Trinajstić information content (AvgIpc) is 2.39. The number of aliphatic carboxylic acids is 1. The minimum absolute atomic E-state index is 0.170. The van der Waals surface area contributed by atoms with Crippen LogP contribution in [0.15, 0.2) is 194 Å². The summed E-state index contributed by atoms with van der Waals surface area (Å²) in [5.74, 6) is -2.08. The molecule has 0 rings (SSSR count). The summed E-state index contributed by atoms with van der Waals surface area (Å²) in [5, 5.41) is 9.76. The predicted octanol–water partition coefficient (Wildman–Crippen LogP) is 24.9. The molecule has 0 fully saturated rings. The molecule has 97 heavy (non-hydrogen) atoms. The molecule has 0 aliphatic carbocycles. The molecule has 0 aromatic rings. The first-order valence-electron chi connectivity index (χ1n) is 38.6. The van der Waals surface area contributed by atoms with Crippen LogP contribution in [0, 0.1) is 0 Å². The molecule has 2 atom stereocenters. The van der Waals surface area contributed by atoms with Crippen LogP contribution in [-0.4, -0.2) is 87.4 Å². The van der Waals surface area contributed by atoms with Crippen LogP contribution in [0.25, 0.3) is 0 Å². The van der Waals surface area contributed by atoms with Crippen molar-refractivity contribution >= 4 is 17.9 Å². The fraction of sp³-hybridized carbons (Fsp3) is 0.602. The minimum atomic E-state index is -1.54. The lowest BCUT2D eigenvalue weighted by Crippen LogP contribution is -2.40. The van der Waals surface area contributed by atoms with Crippen LogP contribution in [0.4, 0.5) is 0 Å². The largest absolute Gasteiger partial charge is 0.477 e. The van der Waals surface area contributed by atoms with Crippen molar-refractivity contribution in [3.05, 3.63) is 194 Å². The van der Waals surface area contributed by atoms with E-state index in [1.165, 1.54) is 116 Å². The number of hydrogen-bond acceptors (Lipinski definition) is 7. The minimum Gasteiger partial charge on any atom is -0.477 e. The summed E-state index contributed by atoms with van der Waals surface area (Å²) in [6.45, 7) is 4.60. The second kappa shape index (κ2) is 75.9. The number of nitrogens with zero attached hydrogens (tertiary/aromatic N) is 1. The van der Waals surface area contributed by atoms with Crippen LogP contribution < -0.4 is 0 Å². The van der Waals surface area contributed by atoms with Crippen molar-refractivity contribution in [3.63, 3.8) is 0 Å². The molecule has 546 valence electrons. The van der Waals surface area contributed by atoms with Gasteiger partial charge in [0.2, 0.25) is 0 Å². The summed E-state index contributed by atoms with van der Waals surface area (Å²) in [7, 11) is 5.96. The highest BCUT2D eigenvalue weighted by Gasteiger charge is 2.25. The van der Waals surface area contributed by atoms with Gasteiger partial charge in [-0.25, -0.2) is 4.79 Å². The van der Waals surface area contributed by atoms with E-state index < -0.39 is 24.3 Å². The van der Waals surface area contributed by atoms with Gasteiger partial charge in [-0.2, -0.15) is 0 Å². The summed E-state index contributed by atoms with van der Waals surface area (Å²) < 4.78 is 22.9. The molecule has 0 aromatic carbocycles. The van der Waals surface area contributed by atoms with Gasteiger partial charge in [0, 0.05) is 12.8 Å². The third-order valence-electron chi connectivity index (χ3n) is 15.8. The standard InChI is InChI=1S/C88H141NO8/c1-6-8-10-12-14-16-18-20-22-24-26-28-30-32-34-36-38-40-41-42-43-44-45-47-49-51-53-55-57-59-61-63-65-67-69-71-73-75-77-79-86(91)97-84(83-96-88(87(92)93)94-81-80-89(3,4)5)82-95-85(90)78-76-74-72-70-68-66-64-62-60-58-56-54-52-50-48-46-39-37-35-33-31-29-27-25-23-21-19-17-15-13-11-9-7-2/h8-11,14-17,20-23,26-29,32,34,38,40,42-43,45,47,51,53,57,59,63,65,69,71,84,88H,6-7,12-13,18-19,24-25,30-31,33,35-37,39,41,44,46,48-50,52,54-56,58,60-62,64,66-68,70,72-83H2,1-5H3/p+1/b10-8-,11-9-,16-14-,17-15-,22-20-,23-21-,28-26-,29-27-,34-32-,40-38-,43-42-,47-45-,53-51-,59-57-,65-63-,71-69-. The Morgan fingerprint density at radius 3 is 0.845 bits per heavy atom. The van der Waals surface area contributed by atoms with E-state index in [1.807, 2.05) is 21.1 Å². The van der Waals surface area contributed by atoms with Crippen molar-refractivity contribution < 1.29 is 42.9 Å². The zero-order chi connectivity index (χ0) is 70.4. The first kappa shape index (κ1) is 91.1. The topological polar surface area (TPSA) is 108 Å². The Bertz CT molecular complexity index is 2310. The highest BCUT2D eigenvalue weighted by atomic mass is 16.7. The number of carboxylic acids is 1. The molecule has 0 saturated heterocycles. The summed E-state index contributed by atoms with van der Waals surface area (Å²) in [4.78, 5) is 37.7. The second-order valence-corrected chi connectivity index (χ2v) is 26.2. The van der Waals surface area contributed by atoms with E-state index in [4.69, 9.17) is 18.9 Å². The maximum Gasteiger partial charge on any atom is 0.361 e. The SMILES string of the molecule is CC/C=C\C/C=C\C/C=C\C/C=C\C/C=C\C/C=C\C/C=C\C/C=C\C/C=C\C/C=C\C/C=C\C/C=C\CCCCC(=O)OC(COC(=O)CCCCCCCCCCCCCCCCCCCCCC/C=C\C/C=C\C/C=C\C/C=C\CC)COC(OCC[N+](C)(C)C)C(=O)O. The van der Waals surface area contributed by atoms with Gasteiger partial charge in [-0.05, 0) is 141 Å². The van der Waals surface area contributed by atoms with Crippen LogP contribution in [-0.2, 0) is 33.3 Å². The fourth-order valence-corrected chi connectivity index (χ4v) is 10.0. The van der Waals surface area contributed by atoms with E-state index in [0.717, 1.165) is 135 Å². The van der Waals surface area contributed by atoms with E-state index in [1.54, 1.807) is 0 Å². The van der Waals surface area contributed by atoms with Crippen molar-refractivity contribution in [2.45, 2.75) is 296 Å². The van der Waals surface area contributed by atoms with Crippen LogP contribution in [0.2, 0.25) is 0 Å². The zero-order valence-corrected chi connectivity index (χ0v) is 62.4. The maximum absolute atomic E-state index is 13.0. The monoisotopic (exact) mass is 1340 g/mol. The molecule has 0 aliphatic rings. The van der Waals surface area contributed by atoms with Gasteiger partial charge in [0.05, 0.1) is 34.4 Å². The van der Waals surface area contributed by atoms with Crippen LogP contribution in [0.3, 0.4) is 0 Å². The first-order valence-corrected chi connectivity index (χ1v) is 38.6. The molecular formula is C88H142NO8+. The second-order valence-electron chi connectivity index (χ2n) is 26.2. The fourth-order valence-electron chi connectivity index (χ4n) is 10.0. The van der Waals surface area contributed by atoms with Gasteiger partial charge < -0.3 is 28.5 Å². The van der Waals surface area contributed by atoms with Crippen LogP contribution in [0.1, 0.15) is 284 Å². The number of esters is 2. The van der Waals surface area contributed by atoms with E-state index in [0.29, 0.717) is 17.4 Å². The molecule has 0 saturated carbocycles. The van der Waals surface area contributed by atoms with E-state index >= 15 is 0 Å². The Morgan fingerprint density at radius 2 is 0.557 bits per heavy atom. The highest BCUT2D eigenvalue weighted by molar-refractivity contribution is 5.71. The number of likely N-dealkylation sites (N-methyl/N-ethyl adjacent to an activating group) is 1. The lowest BCUT2D eigenvalue weighted by atomic mass is 10.0. The zero-order valence-electron chi connectivity index (χ0n) is 62.4. The maximum atomic E-state index is 13.0. The number of unbranched alkanes of at least 4 members (excludes halogenated alkanes) is 22. The summed E-state index contributed by atoms with van der Waals surface area (Å²) in [6, 6.07) is 0. The molecule has 0 heterocycles. The van der Waals surface area contributed by atoms with Gasteiger partial charge in [0.1, 0.15) is 13.2 Å². The predicted molar refractivity (Wildman–Crippen MR) is 419 cm³/mol. The molecule has 0 aliphatic heterocycles. The molecule has 0 amide bonds. The number of quaternary nitrogens is 1. The van der Waals surface area contributed by atoms with Gasteiger partial charge in [-0.3, -0.25) is 9.59 Å². The molecule has 2 unspecified atom stereocenters. The van der Waals surface area contributed by atoms with Gasteiger partial charge in [-0.15, -0.1) is 0 Å². The molecule has 0 spiro atoms. The lowest BCUT2D eigenvalue weighted by Gasteiger charge is -2.25. The van der Waals surface area contributed by atoms with E-state index in [-0.39, 0.29) is 38.6 Å². The Labute approximate surface area is 595 Å². The van der Waals surface area contributed by atoms with Crippen molar-refractivity contribution in [2.75, 3.05) is 47.5 Å². The van der Waals surface area contributed by atoms with Crippen molar-refractivity contribution in [1.29, 1.82) is 0 Å². The summed E-state index contributed by atoms with van der Waals surface area (Å²) >= 11 is 0. The number of ether oxygens (including phenoxy) is 4. The first-order chi connectivity index (χ1) is 47.6. The quantitative estimate of drug-likeness (QED) is 0.0211. The van der Waals surface area contributed by atoms with Crippen LogP contribution >= 0.6 is 0 Å². The van der Waals surface area contributed by atoms with Gasteiger partial charge in [-0.1, -0.05) is 324 Å². The Hall–Kier alpha value is -5.87. The molecule has 1 N–H and O–H groups in total. The third kappa shape index (κ3) is 77.4. The van der Waals surface area contributed by atoms with Crippen molar-refractivity contribution in [1.82, 2.24) is 0 Å². The van der Waals surface area contributed by atoms with Gasteiger partial charge >= 0.3 is 17.9 Å². The summed E-state index contributed by atoms with van der Waals surface area (Å²) in [5.41, 5.74) is 0. The van der Waals surface area contributed by atoms with Gasteiger partial charge in [0.15, 0.2) is 6.10 Å². The third-order valence-corrected chi connectivity index (χ3v) is 15.8. The lowest BCUT2D eigenvalue weighted by molar-refractivity contribution is -0.870. The Balaban J connectivity index is 4.20. The molecule has 0 radical (unpaired) electrons. The normalized spacial score (nSPS) is 13.8. The van der Waals surface area contributed by atoms with Gasteiger partial charge in [0.25, 0.3) is 6.29 Å². The van der Waals surface area contributed by atoms with Crippen molar-refractivity contribution in [2.24, 2.45) is 0 Å². The Kier molecular flexibility index (Phi) is 71.3. The van der Waals surface area contributed by atoms with Crippen molar-refractivity contribution in [3.8, 4) is 0 Å². The Morgan fingerprint density at radius 1 is 0.309 bits per heavy atom. The number of carbonyl (C=O) groups is 3. The molecule has 9 nitrogen and oxygen atoms in total. The van der Waals surface area contributed by atoms with Crippen LogP contribution in [0.5, 0.6) is 0 Å². The number of hydrogen-bond donors (Lipinski definition) is 1. The smallest absolute Gasteiger partial charge is 0.361 e. The molecular weight excluding hydrogens is 1200 g/mol. The molecule has 9 heteroatoms. The number of carboxylic acid groups (broad SMARTS) is 1. The summed E-state index contributed by atoms with van der Waals surface area (Å²) in [6.07, 6.45) is 114. The molecule has 0 bridgehead atoms. The van der Waals surface area contributed by atoms with E-state index in [9.17, 15) is 19.5 Å². The molecule has 0 aromatic heterocycles. The van der Waals surface area contributed by atoms with E-state index in [2.05, 4.69) is 208 Å². The number of allylic oxidation sites excluding steroid dienone is 32. The highest BCUT2D eigenvalue weighted by Crippen LogP contribution is 2.17. The number of carbonyl (C=O) groups excluding carboxylic acids is 2. The number of rotatable bonds is 69. The average molecular weight is 1340 g/mol.